The molecule has 27 heavy (non-hydrogen) atoms. The highest BCUT2D eigenvalue weighted by Gasteiger charge is 2.07. The van der Waals surface area contributed by atoms with Crippen molar-refractivity contribution < 1.29 is 14.6 Å². The zero-order chi connectivity index (χ0) is 19.1. The quantitative estimate of drug-likeness (QED) is 0.443. The van der Waals surface area contributed by atoms with Crippen LogP contribution in [0.25, 0.3) is 0 Å². The molecule has 0 radical (unpaired) electrons. The van der Waals surface area contributed by atoms with Crippen LogP contribution in [0, 0.1) is 0 Å². The SMILES string of the molecule is O=C(O)c1ccccc1N/N=C/c1cccc(OCc2cccc(Cl)c2)c1. The summed E-state index contributed by atoms with van der Waals surface area (Å²) in [4.78, 5) is 11.2. The molecule has 5 nitrogen and oxygen atoms in total. The van der Waals surface area contributed by atoms with Crippen molar-refractivity contribution in [3.8, 4) is 5.75 Å². The number of benzene rings is 3. The maximum atomic E-state index is 11.2. The van der Waals surface area contributed by atoms with Crippen LogP contribution >= 0.6 is 11.6 Å². The molecule has 0 aliphatic carbocycles. The zero-order valence-corrected chi connectivity index (χ0v) is 15.1. The molecule has 0 bridgehead atoms. The van der Waals surface area contributed by atoms with Crippen LogP contribution < -0.4 is 10.2 Å². The number of halogens is 1. The topological polar surface area (TPSA) is 70.9 Å². The summed E-state index contributed by atoms with van der Waals surface area (Å²) in [6.45, 7) is 0.408. The second-order valence-corrected chi connectivity index (χ2v) is 6.15. The van der Waals surface area contributed by atoms with Crippen LogP contribution in [0.2, 0.25) is 5.02 Å². The number of hydrazone groups is 1. The van der Waals surface area contributed by atoms with Crippen molar-refractivity contribution in [1.82, 2.24) is 0 Å². The van der Waals surface area contributed by atoms with E-state index in [1.165, 1.54) is 6.07 Å². The van der Waals surface area contributed by atoms with Crippen LogP contribution in [-0.4, -0.2) is 17.3 Å². The first-order chi connectivity index (χ1) is 13.1. The second kappa shape index (κ2) is 8.87. The number of hydrogen-bond donors (Lipinski definition) is 2. The highest BCUT2D eigenvalue weighted by Crippen LogP contribution is 2.17. The Bertz CT molecular complexity index is 973. The van der Waals surface area contributed by atoms with E-state index in [1.807, 2.05) is 48.5 Å². The van der Waals surface area contributed by atoms with E-state index in [4.69, 9.17) is 16.3 Å². The molecule has 0 amide bonds. The lowest BCUT2D eigenvalue weighted by Crippen LogP contribution is -2.02. The van der Waals surface area contributed by atoms with Gasteiger partial charge in [0.25, 0.3) is 0 Å². The Morgan fingerprint density at radius 2 is 1.89 bits per heavy atom. The number of aromatic carboxylic acids is 1. The molecule has 3 aromatic carbocycles. The normalized spacial score (nSPS) is 10.7. The summed E-state index contributed by atoms with van der Waals surface area (Å²) in [6.07, 6.45) is 1.60. The summed E-state index contributed by atoms with van der Waals surface area (Å²) in [5.41, 5.74) is 5.14. The maximum absolute atomic E-state index is 11.2. The number of ether oxygens (including phenoxy) is 1. The van der Waals surface area contributed by atoms with Gasteiger partial charge < -0.3 is 9.84 Å². The smallest absolute Gasteiger partial charge is 0.337 e. The number of rotatable bonds is 7. The molecule has 0 saturated heterocycles. The fourth-order valence-corrected chi connectivity index (χ4v) is 2.63. The predicted octanol–water partition coefficient (Wildman–Crippen LogP) is 5.06. The summed E-state index contributed by atoms with van der Waals surface area (Å²) < 4.78 is 5.78. The molecule has 3 rings (SSSR count). The fraction of sp³-hybridized carbons (Fsp3) is 0.0476. The molecule has 3 aromatic rings. The van der Waals surface area contributed by atoms with E-state index < -0.39 is 5.97 Å². The molecular weight excluding hydrogens is 364 g/mol. The Hall–Kier alpha value is -3.31. The van der Waals surface area contributed by atoms with Crippen LogP contribution in [0.3, 0.4) is 0 Å². The number of nitrogens with one attached hydrogen (secondary N) is 1. The fourth-order valence-electron chi connectivity index (χ4n) is 2.42. The first-order valence-corrected chi connectivity index (χ1v) is 8.58. The lowest BCUT2D eigenvalue weighted by atomic mass is 10.2. The molecule has 0 spiro atoms. The van der Waals surface area contributed by atoms with Gasteiger partial charge in [-0.25, -0.2) is 4.79 Å². The van der Waals surface area contributed by atoms with Gasteiger partial charge in [-0.2, -0.15) is 5.10 Å². The van der Waals surface area contributed by atoms with Crippen molar-refractivity contribution in [2.45, 2.75) is 6.61 Å². The highest BCUT2D eigenvalue weighted by molar-refractivity contribution is 6.30. The average Bonchev–Trinajstić information content (AvgIpc) is 2.67. The Morgan fingerprint density at radius 1 is 1.07 bits per heavy atom. The van der Waals surface area contributed by atoms with Gasteiger partial charge in [0, 0.05) is 5.02 Å². The maximum Gasteiger partial charge on any atom is 0.337 e. The molecule has 0 fully saturated rings. The van der Waals surface area contributed by atoms with E-state index in [9.17, 15) is 9.90 Å². The molecule has 6 heteroatoms. The summed E-state index contributed by atoms with van der Waals surface area (Å²) >= 11 is 5.97. The Kier molecular flexibility index (Phi) is 6.07. The van der Waals surface area contributed by atoms with Crippen LogP contribution in [0.1, 0.15) is 21.5 Å². The Labute approximate surface area is 161 Å². The monoisotopic (exact) mass is 380 g/mol. The van der Waals surface area contributed by atoms with Gasteiger partial charge in [0.1, 0.15) is 12.4 Å². The van der Waals surface area contributed by atoms with Crippen molar-refractivity contribution >= 4 is 29.5 Å². The van der Waals surface area contributed by atoms with Gasteiger partial charge in [0.2, 0.25) is 0 Å². The van der Waals surface area contributed by atoms with Gasteiger partial charge in [-0.15, -0.1) is 0 Å². The Balaban J connectivity index is 1.64. The largest absolute Gasteiger partial charge is 0.489 e. The van der Waals surface area contributed by atoms with E-state index >= 15 is 0 Å². The molecule has 2 N–H and O–H groups in total. The minimum atomic E-state index is -1.01. The van der Waals surface area contributed by atoms with Gasteiger partial charge in [0.15, 0.2) is 0 Å². The van der Waals surface area contributed by atoms with E-state index in [-0.39, 0.29) is 5.56 Å². The lowest BCUT2D eigenvalue weighted by Gasteiger charge is -2.07. The number of nitrogens with zero attached hydrogens (tertiary/aromatic N) is 1. The first-order valence-electron chi connectivity index (χ1n) is 8.20. The molecule has 0 aliphatic heterocycles. The molecule has 0 unspecified atom stereocenters. The van der Waals surface area contributed by atoms with E-state index in [0.29, 0.717) is 23.1 Å². The van der Waals surface area contributed by atoms with Crippen LogP contribution in [0.5, 0.6) is 5.75 Å². The van der Waals surface area contributed by atoms with Crippen molar-refractivity contribution in [1.29, 1.82) is 0 Å². The molecule has 136 valence electrons. The van der Waals surface area contributed by atoms with Crippen LogP contribution in [0.15, 0.2) is 77.9 Å². The van der Waals surface area contributed by atoms with Gasteiger partial charge in [-0.3, -0.25) is 5.43 Å². The summed E-state index contributed by atoms with van der Waals surface area (Å²) in [5, 5.41) is 14.0. The number of hydrogen-bond acceptors (Lipinski definition) is 4. The number of carbonyl (C=O) groups is 1. The number of carboxylic acid groups (broad SMARTS) is 1. The molecular formula is C21H17ClN2O3. The zero-order valence-electron chi connectivity index (χ0n) is 14.3. The summed E-state index contributed by atoms with van der Waals surface area (Å²) in [7, 11) is 0. The van der Waals surface area contributed by atoms with Gasteiger partial charge >= 0.3 is 5.97 Å². The van der Waals surface area contributed by atoms with E-state index in [1.54, 1.807) is 24.4 Å². The van der Waals surface area contributed by atoms with Crippen LogP contribution in [-0.2, 0) is 6.61 Å². The number of anilines is 1. The van der Waals surface area contributed by atoms with Gasteiger partial charge in [-0.05, 0) is 47.5 Å². The van der Waals surface area contributed by atoms with E-state index in [0.717, 1.165) is 11.1 Å². The van der Waals surface area contributed by atoms with Crippen molar-refractivity contribution in [3.63, 3.8) is 0 Å². The second-order valence-electron chi connectivity index (χ2n) is 5.71. The standard InChI is InChI=1S/C21H17ClN2O3/c22-17-7-3-6-16(11-17)14-27-18-8-4-5-15(12-18)13-23-24-20-10-2-1-9-19(20)21(25)26/h1-13,24H,14H2,(H,25,26)/b23-13+. The minimum absolute atomic E-state index is 0.160. The van der Waals surface area contributed by atoms with Gasteiger partial charge in [0.05, 0.1) is 17.5 Å². The molecule has 0 aliphatic rings. The molecule has 0 atom stereocenters. The summed E-state index contributed by atoms with van der Waals surface area (Å²) in [5.74, 6) is -0.311. The lowest BCUT2D eigenvalue weighted by molar-refractivity contribution is 0.0698. The van der Waals surface area contributed by atoms with Crippen molar-refractivity contribution in [2.24, 2.45) is 5.10 Å². The highest BCUT2D eigenvalue weighted by atomic mass is 35.5. The van der Waals surface area contributed by atoms with Crippen LogP contribution in [0.4, 0.5) is 5.69 Å². The number of carboxylic acids is 1. The van der Waals surface area contributed by atoms with Gasteiger partial charge in [-0.1, -0.05) is 48.0 Å². The first kappa shape index (κ1) is 18.5. The van der Waals surface area contributed by atoms with Crippen molar-refractivity contribution in [2.75, 3.05) is 5.43 Å². The third-order valence-electron chi connectivity index (χ3n) is 3.71. The summed E-state index contributed by atoms with van der Waals surface area (Å²) in [6, 6.07) is 21.5. The van der Waals surface area contributed by atoms with E-state index in [2.05, 4.69) is 10.5 Å². The molecule has 0 aromatic heterocycles. The third kappa shape index (κ3) is 5.33. The molecule has 0 heterocycles. The Morgan fingerprint density at radius 3 is 2.70 bits per heavy atom. The molecule has 0 saturated carbocycles. The predicted molar refractivity (Wildman–Crippen MR) is 107 cm³/mol. The minimum Gasteiger partial charge on any atom is -0.489 e. The third-order valence-corrected chi connectivity index (χ3v) is 3.94. The average molecular weight is 381 g/mol. The number of para-hydroxylation sites is 1. The van der Waals surface area contributed by atoms with Crippen molar-refractivity contribution in [3.05, 3.63) is 94.5 Å².